The van der Waals surface area contributed by atoms with Crippen molar-refractivity contribution >= 4 is 28.9 Å². The number of carbonyl (C=O) groups is 2. The molecule has 0 fully saturated rings. The summed E-state index contributed by atoms with van der Waals surface area (Å²) in [6, 6.07) is 8.93. The van der Waals surface area contributed by atoms with Crippen LogP contribution in [0.5, 0.6) is 0 Å². The quantitative estimate of drug-likeness (QED) is 0.655. The van der Waals surface area contributed by atoms with Crippen LogP contribution in [0.4, 0.5) is 5.69 Å². The molecule has 0 saturated carbocycles. The van der Waals surface area contributed by atoms with Crippen molar-refractivity contribution in [3.8, 4) is 0 Å². The average molecular weight is 304 g/mol. The Labute approximate surface area is 126 Å². The molecule has 1 heterocycles. The second kappa shape index (κ2) is 6.90. The number of esters is 1. The lowest BCUT2D eigenvalue weighted by atomic mass is 10.1. The van der Waals surface area contributed by atoms with E-state index in [2.05, 4.69) is 5.32 Å². The van der Waals surface area contributed by atoms with Crippen molar-refractivity contribution in [1.29, 1.82) is 0 Å². The number of para-hydroxylation sites is 1. The number of thiophene rings is 1. The molecule has 0 spiro atoms. The SMILES string of the molecule is Cc1cccc(C(=O)OCC(=O)NCc2cccs2)c1N. The lowest BCUT2D eigenvalue weighted by Gasteiger charge is -2.08. The predicted octanol–water partition coefficient (Wildman–Crippen LogP) is 2.11. The van der Waals surface area contributed by atoms with Gasteiger partial charge in [0.2, 0.25) is 0 Å². The van der Waals surface area contributed by atoms with E-state index >= 15 is 0 Å². The van der Waals surface area contributed by atoms with Crippen LogP contribution in [-0.4, -0.2) is 18.5 Å². The van der Waals surface area contributed by atoms with Crippen LogP contribution in [0.2, 0.25) is 0 Å². The molecule has 0 atom stereocenters. The van der Waals surface area contributed by atoms with Gasteiger partial charge < -0.3 is 15.8 Å². The highest BCUT2D eigenvalue weighted by Gasteiger charge is 2.14. The molecule has 1 aromatic carbocycles. The second-order valence-corrected chi connectivity index (χ2v) is 5.50. The van der Waals surface area contributed by atoms with Crippen LogP contribution in [0, 0.1) is 6.92 Å². The van der Waals surface area contributed by atoms with Gasteiger partial charge in [-0.2, -0.15) is 0 Å². The van der Waals surface area contributed by atoms with E-state index in [1.54, 1.807) is 36.5 Å². The number of hydrogen-bond acceptors (Lipinski definition) is 5. The molecule has 0 bridgehead atoms. The number of anilines is 1. The number of hydrogen-bond donors (Lipinski definition) is 2. The maximum absolute atomic E-state index is 11.9. The van der Waals surface area contributed by atoms with Gasteiger partial charge in [-0.1, -0.05) is 18.2 Å². The van der Waals surface area contributed by atoms with Gasteiger partial charge in [0.1, 0.15) is 0 Å². The average Bonchev–Trinajstić information content (AvgIpc) is 2.99. The van der Waals surface area contributed by atoms with Crippen LogP contribution in [0.3, 0.4) is 0 Å². The summed E-state index contributed by atoms with van der Waals surface area (Å²) in [6.07, 6.45) is 0. The summed E-state index contributed by atoms with van der Waals surface area (Å²) < 4.78 is 4.97. The summed E-state index contributed by atoms with van der Waals surface area (Å²) in [6.45, 7) is 1.91. The van der Waals surface area contributed by atoms with Gasteiger partial charge >= 0.3 is 5.97 Å². The van der Waals surface area contributed by atoms with Gasteiger partial charge in [0.05, 0.1) is 12.1 Å². The Hall–Kier alpha value is -2.34. The minimum absolute atomic E-state index is 0.279. The molecular weight excluding hydrogens is 288 g/mol. The first-order valence-corrected chi connectivity index (χ1v) is 7.27. The molecule has 1 amide bonds. The summed E-state index contributed by atoms with van der Waals surface area (Å²) in [7, 11) is 0. The minimum atomic E-state index is -0.595. The van der Waals surface area contributed by atoms with Crippen LogP contribution in [0.1, 0.15) is 20.8 Å². The molecule has 0 unspecified atom stereocenters. The van der Waals surface area contributed by atoms with Crippen molar-refractivity contribution in [1.82, 2.24) is 5.32 Å². The fourth-order valence-corrected chi connectivity index (χ4v) is 2.36. The number of amides is 1. The van der Waals surface area contributed by atoms with Crippen LogP contribution in [-0.2, 0) is 16.1 Å². The second-order valence-electron chi connectivity index (χ2n) is 4.47. The number of nitrogens with one attached hydrogen (secondary N) is 1. The Bertz CT molecular complexity index is 638. The molecule has 0 aliphatic heterocycles. The molecule has 2 aromatic rings. The van der Waals surface area contributed by atoms with Gasteiger partial charge in [0, 0.05) is 10.6 Å². The van der Waals surface area contributed by atoms with Gasteiger partial charge in [0.15, 0.2) is 6.61 Å². The third-order valence-electron chi connectivity index (χ3n) is 2.92. The van der Waals surface area contributed by atoms with E-state index in [0.29, 0.717) is 12.2 Å². The standard InChI is InChI=1S/C15H16N2O3S/c1-10-4-2-6-12(14(10)16)15(19)20-9-13(18)17-8-11-5-3-7-21-11/h2-7H,8-9,16H2,1H3,(H,17,18). The molecule has 0 aliphatic rings. The molecule has 110 valence electrons. The largest absolute Gasteiger partial charge is 0.452 e. The normalized spacial score (nSPS) is 10.1. The molecule has 21 heavy (non-hydrogen) atoms. The van der Waals surface area contributed by atoms with Gasteiger partial charge in [-0.05, 0) is 30.0 Å². The molecule has 1 aromatic heterocycles. The van der Waals surface area contributed by atoms with E-state index in [1.165, 1.54) is 0 Å². The number of nitrogens with two attached hydrogens (primary N) is 1. The van der Waals surface area contributed by atoms with Gasteiger partial charge in [-0.3, -0.25) is 4.79 Å². The van der Waals surface area contributed by atoms with Crippen LogP contribution < -0.4 is 11.1 Å². The first-order chi connectivity index (χ1) is 10.1. The Morgan fingerprint density at radius 2 is 2.10 bits per heavy atom. The van der Waals surface area contributed by atoms with Crippen molar-refractivity contribution in [3.63, 3.8) is 0 Å². The molecule has 0 aliphatic carbocycles. The van der Waals surface area contributed by atoms with Crippen molar-refractivity contribution in [2.24, 2.45) is 0 Å². The smallest absolute Gasteiger partial charge is 0.340 e. The summed E-state index contributed by atoms with van der Waals surface area (Å²) in [5.41, 5.74) is 7.27. The maximum atomic E-state index is 11.9. The molecular formula is C15H16N2O3S. The zero-order valence-electron chi connectivity index (χ0n) is 11.6. The fourth-order valence-electron chi connectivity index (χ4n) is 1.72. The molecule has 2 rings (SSSR count). The molecule has 6 heteroatoms. The first-order valence-electron chi connectivity index (χ1n) is 6.39. The van der Waals surface area contributed by atoms with Crippen molar-refractivity contribution in [2.45, 2.75) is 13.5 Å². The number of aryl methyl sites for hydroxylation is 1. The Morgan fingerprint density at radius 3 is 2.81 bits per heavy atom. The topological polar surface area (TPSA) is 81.4 Å². The van der Waals surface area contributed by atoms with Crippen LogP contribution in [0.15, 0.2) is 35.7 Å². The number of ether oxygens (including phenoxy) is 1. The highest BCUT2D eigenvalue weighted by Crippen LogP contribution is 2.17. The highest BCUT2D eigenvalue weighted by atomic mass is 32.1. The zero-order valence-corrected chi connectivity index (χ0v) is 12.4. The van der Waals surface area contributed by atoms with Crippen LogP contribution in [0.25, 0.3) is 0 Å². The summed E-state index contributed by atoms with van der Waals surface area (Å²) >= 11 is 1.55. The van der Waals surface area contributed by atoms with E-state index in [1.807, 2.05) is 17.5 Å². The number of nitrogen functional groups attached to an aromatic ring is 1. The summed E-state index contributed by atoms with van der Waals surface area (Å²) in [4.78, 5) is 24.5. The number of rotatable bonds is 5. The zero-order chi connectivity index (χ0) is 15.2. The maximum Gasteiger partial charge on any atom is 0.340 e. The third kappa shape index (κ3) is 4.06. The van der Waals surface area contributed by atoms with E-state index in [9.17, 15) is 9.59 Å². The van der Waals surface area contributed by atoms with Gasteiger partial charge in [-0.15, -0.1) is 11.3 Å². The number of benzene rings is 1. The Kier molecular flexibility index (Phi) is 4.94. The fraction of sp³-hybridized carbons (Fsp3) is 0.200. The van der Waals surface area contributed by atoms with Gasteiger partial charge in [-0.25, -0.2) is 4.79 Å². The molecule has 5 nitrogen and oxygen atoms in total. The third-order valence-corrected chi connectivity index (χ3v) is 3.79. The van der Waals surface area contributed by atoms with E-state index in [0.717, 1.165) is 10.4 Å². The lowest BCUT2D eigenvalue weighted by Crippen LogP contribution is -2.28. The van der Waals surface area contributed by atoms with E-state index < -0.39 is 5.97 Å². The Balaban J connectivity index is 1.83. The molecule has 0 radical (unpaired) electrons. The molecule has 0 saturated heterocycles. The van der Waals surface area contributed by atoms with E-state index in [-0.39, 0.29) is 18.1 Å². The lowest BCUT2D eigenvalue weighted by molar-refractivity contribution is -0.124. The van der Waals surface area contributed by atoms with Crippen molar-refractivity contribution in [3.05, 3.63) is 51.7 Å². The Morgan fingerprint density at radius 1 is 1.29 bits per heavy atom. The van der Waals surface area contributed by atoms with Gasteiger partial charge in [0.25, 0.3) is 5.91 Å². The predicted molar refractivity (Wildman–Crippen MR) is 82.0 cm³/mol. The summed E-state index contributed by atoms with van der Waals surface area (Å²) in [5.74, 6) is -0.939. The van der Waals surface area contributed by atoms with E-state index in [4.69, 9.17) is 10.5 Å². The van der Waals surface area contributed by atoms with Crippen molar-refractivity contribution < 1.29 is 14.3 Å². The first kappa shape index (κ1) is 15.1. The van der Waals surface area contributed by atoms with Crippen molar-refractivity contribution in [2.75, 3.05) is 12.3 Å². The molecule has 3 N–H and O–H groups in total. The minimum Gasteiger partial charge on any atom is -0.452 e. The summed E-state index contributed by atoms with van der Waals surface area (Å²) in [5, 5.41) is 4.61. The van der Waals surface area contributed by atoms with Crippen LogP contribution >= 0.6 is 11.3 Å². The number of carbonyl (C=O) groups excluding carboxylic acids is 2. The monoisotopic (exact) mass is 304 g/mol. The highest BCUT2D eigenvalue weighted by molar-refractivity contribution is 7.09.